The van der Waals surface area contributed by atoms with E-state index in [1.807, 2.05) is 0 Å². The number of hydrogen-bond donors (Lipinski definition) is 1. The van der Waals surface area contributed by atoms with Crippen LogP contribution in [0.25, 0.3) is 0 Å². The van der Waals surface area contributed by atoms with Crippen molar-refractivity contribution < 1.29 is 27.5 Å². The number of nitrogens with zero attached hydrogens (tertiary/aromatic N) is 1. The van der Waals surface area contributed by atoms with Crippen molar-refractivity contribution in [3.63, 3.8) is 0 Å². The van der Waals surface area contributed by atoms with Crippen LogP contribution in [0, 0.1) is 0 Å². The van der Waals surface area contributed by atoms with Crippen LogP contribution in [0.1, 0.15) is 46.4 Å². The second-order valence-corrected chi connectivity index (χ2v) is 9.63. The lowest BCUT2D eigenvalue weighted by atomic mass is 10.1. The first-order valence-electron chi connectivity index (χ1n) is 10.2. The first kappa shape index (κ1) is 24.0. The Morgan fingerprint density at radius 2 is 1.69 bits per heavy atom. The molecular formula is C22H25ClN2O6S. The van der Waals surface area contributed by atoms with Gasteiger partial charge in [0.1, 0.15) is 10.6 Å². The number of anilines is 1. The number of methoxy groups -OCH3 is 2. The molecule has 2 aromatic carbocycles. The molecule has 3 rings (SSSR count). The molecule has 1 N–H and O–H groups in total. The Bertz CT molecular complexity index is 1110. The number of benzene rings is 2. The van der Waals surface area contributed by atoms with Crippen molar-refractivity contribution in [3.8, 4) is 5.75 Å². The minimum absolute atomic E-state index is 0.0468. The van der Waals surface area contributed by atoms with E-state index in [1.165, 1.54) is 48.9 Å². The van der Waals surface area contributed by atoms with Crippen molar-refractivity contribution >= 4 is 39.2 Å². The molecule has 1 saturated heterocycles. The van der Waals surface area contributed by atoms with Crippen LogP contribution in [-0.4, -0.2) is 51.9 Å². The molecule has 32 heavy (non-hydrogen) atoms. The number of carbonyl (C=O) groups is 2. The summed E-state index contributed by atoms with van der Waals surface area (Å²) in [5.41, 5.74) is 0.399. The highest BCUT2D eigenvalue weighted by Crippen LogP contribution is 2.29. The number of rotatable bonds is 6. The van der Waals surface area contributed by atoms with Crippen LogP contribution in [0.2, 0.25) is 5.02 Å². The van der Waals surface area contributed by atoms with Crippen molar-refractivity contribution in [2.45, 2.75) is 30.6 Å². The summed E-state index contributed by atoms with van der Waals surface area (Å²) in [6.45, 7) is 0.840. The van der Waals surface area contributed by atoms with Gasteiger partial charge in [0, 0.05) is 18.7 Å². The van der Waals surface area contributed by atoms with Gasteiger partial charge < -0.3 is 14.8 Å². The summed E-state index contributed by atoms with van der Waals surface area (Å²) < 4.78 is 37.7. The minimum atomic E-state index is -3.85. The molecule has 0 bridgehead atoms. The third-order valence-corrected chi connectivity index (χ3v) is 7.64. The summed E-state index contributed by atoms with van der Waals surface area (Å²) in [4.78, 5) is 24.9. The number of carbonyl (C=O) groups excluding carboxylic acids is 2. The lowest BCUT2D eigenvalue weighted by Gasteiger charge is -2.21. The Balaban J connectivity index is 1.91. The van der Waals surface area contributed by atoms with Crippen molar-refractivity contribution in [2.24, 2.45) is 0 Å². The zero-order chi connectivity index (χ0) is 23.3. The van der Waals surface area contributed by atoms with Gasteiger partial charge in [-0.2, -0.15) is 4.31 Å². The summed E-state index contributed by atoms with van der Waals surface area (Å²) in [6, 6.07) is 8.61. The van der Waals surface area contributed by atoms with E-state index in [0.29, 0.717) is 18.8 Å². The Morgan fingerprint density at radius 1 is 1.00 bits per heavy atom. The zero-order valence-electron chi connectivity index (χ0n) is 17.9. The van der Waals surface area contributed by atoms with Gasteiger partial charge in [-0.1, -0.05) is 24.4 Å². The molecule has 1 fully saturated rings. The summed E-state index contributed by atoms with van der Waals surface area (Å²) in [6.07, 6.45) is 3.52. The lowest BCUT2D eigenvalue weighted by Crippen LogP contribution is -2.32. The standard InChI is InChI=1S/C22H25ClN2O6S/c1-30-16-8-10-19(17(14-16)22(27)31-2)24-21(26)15-7-9-18(23)20(13-15)32(28,29)25-11-5-3-4-6-12-25/h7-10,13-14H,3-6,11-12H2,1-2H3,(H,24,26). The predicted octanol–water partition coefficient (Wildman–Crippen LogP) is 3.95. The van der Waals surface area contributed by atoms with Crippen LogP contribution in [0.5, 0.6) is 5.75 Å². The molecule has 8 nitrogen and oxygen atoms in total. The van der Waals surface area contributed by atoms with Gasteiger partial charge in [0.15, 0.2) is 0 Å². The van der Waals surface area contributed by atoms with Crippen LogP contribution in [0.15, 0.2) is 41.3 Å². The van der Waals surface area contributed by atoms with E-state index >= 15 is 0 Å². The van der Waals surface area contributed by atoms with E-state index in [4.69, 9.17) is 21.1 Å². The van der Waals surface area contributed by atoms with E-state index < -0.39 is 21.9 Å². The van der Waals surface area contributed by atoms with Crippen molar-refractivity contribution in [2.75, 3.05) is 32.6 Å². The third kappa shape index (κ3) is 5.23. The second kappa shape index (κ2) is 10.3. The van der Waals surface area contributed by atoms with Gasteiger partial charge in [0.05, 0.1) is 30.5 Å². The first-order valence-corrected chi connectivity index (χ1v) is 12.0. The normalized spacial score (nSPS) is 15.0. The Morgan fingerprint density at radius 3 is 2.31 bits per heavy atom. The van der Waals surface area contributed by atoms with Gasteiger partial charge in [-0.05, 0) is 49.2 Å². The van der Waals surface area contributed by atoms with E-state index in [1.54, 1.807) is 6.07 Å². The van der Waals surface area contributed by atoms with Gasteiger partial charge in [-0.15, -0.1) is 0 Å². The monoisotopic (exact) mass is 480 g/mol. The van der Waals surface area contributed by atoms with Crippen LogP contribution in [-0.2, 0) is 14.8 Å². The molecule has 0 unspecified atom stereocenters. The SMILES string of the molecule is COC(=O)c1cc(OC)ccc1NC(=O)c1ccc(Cl)c(S(=O)(=O)N2CCCCCC2)c1. The molecule has 1 amide bonds. The number of nitrogens with one attached hydrogen (secondary N) is 1. The Labute approximate surface area is 192 Å². The predicted molar refractivity (Wildman–Crippen MR) is 121 cm³/mol. The third-order valence-electron chi connectivity index (χ3n) is 5.26. The molecule has 0 spiro atoms. The maximum atomic E-state index is 13.2. The van der Waals surface area contributed by atoms with Crippen molar-refractivity contribution in [3.05, 3.63) is 52.5 Å². The van der Waals surface area contributed by atoms with Gasteiger partial charge in [0.25, 0.3) is 5.91 Å². The molecule has 1 aliphatic rings. The van der Waals surface area contributed by atoms with Crippen LogP contribution in [0.4, 0.5) is 5.69 Å². The topological polar surface area (TPSA) is 102 Å². The fourth-order valence-corrected chi connectivity index (χ4v) is 5.51. The van der Waals surface area contributed by atoms with Crippen LogP contribution >= 0.6 is 11.6 Å². The number of halogens is 1. The van der Waals surface area contributed by atoms with Crippen LogP contribution in [0.3, 0.4) is 0 Å². The highest BCUT2D eigenvalue weighted by atomic mass is 35.5. The van der Waals surface area contributed by atoms with E-state index in [0.717, 1.165) is 25.7 Å². The molecule has 0 aliphatic carbocycles. The maximum absolute atomic E-state index is 13.2. The quantitative estimate of drug-likeness (QED) is 0.628. The number of esters is 1. The van der Waals surface area contributed by atoms with Crippen molar-refractivity contribution in [1.82, 2.24) is 4.31 Å². The fourth-order valence-electron chi connectivity index (χ4n) is 3.50. The largest absolute Gasteiger partial charge is 0.497 e. The molecule has 1 heterocycles. The molecule has 10 heteroatoms. The first-order chi connectivity index (χ1) is 15.3. The van der Waals surface area contributed by atoms with Gasteiger partial charge in [-0.25, -0.2) is 13.2 Å². The molecule has 172 valence electrons. The molecule has 2 aromatic rings. The summed E-state index contributed by atoms with van der Waals surface area (Å²) >= 11 is 6.21. The summed E-state index contributed by atoms with van der Waals surface area (Å²) in [5, 5.41) is 2.68. The molecule has 1 aliphatic heterocycles. The van der Waals surface area contributed by atoms with E-state index in [9.17, 15) is 18.0 Å². The highest BCUT2D eigenvalue weighted by molar-refractivity contribution is 7.89. The Hall–Kier alpha value is -2.62. The highest BCUT2D eigenvalue weighted by Gasteiger charge is 2.28. The van der Waals surface area contributed by atoms with Gasteiger partial charge in [0.2, 0.25) is 10.0 Å². The number of ether oxygens (including phenoxy) is 2. The fraction of sp³-hybridized carbons (Fsp3) is 0.364. The summed E-state index contributed by atoms with van der Waals surface area (Å²) in [7, 11) is -1.17. The zero-order valence-corrected chi connectivity index (χ0v) is 19.5. The summed E-state index contributed by atoms with van der Waals surface area (Å²) in [5.74, 6) is -0.829. The molecule has 0 atom stereocenters. The van der Waals surface area contributed by atoms with Crippen molar-refractivity contribution in [1.29, 1.82) is 0 Å². The maximum Gasteiger partial charge on any atom is 0.340 e. The van der Waals surface area contributed by atoms with E-state index in [2.05, 4.69) is 5.32 Å². The second-order valence-electron chi connectivity index (χ2n) is 7.32. The lowest BCUT2D eigenvalue weighted by molar-refractivity contribution is 0.0601. The molecule has 0 radical (unpaired) electrons. The molecular weight excluding hydrogens is 456 g/mol. The average Bonchev–Trinajstić information content (AvgIpc) is 3.09. The minimum Gasteiger partial charge on any atom is -0.497 e. The average molecular weight is 481 g/mol. The van der Waals surface area contributed by atoms with Gasteiger partial charge in [-0.3, -0.25) is 4.79 Å². The molecule has 0 saturated carbocycles. The smallest absolute Gasteiger partial charge is 0.340 e. The number of hydrogen-bond acceptors (Lipinski definition) is 6. The molecule has 0 aromatic heterocycles. The van der Waals surface area contributed by atoms with Crippen LogP contribution < -0.4 is 10.1 Å². The number of amides is 1. The van der Waals surface area contributed by atoms with Gasteiger partial charge >= 0.3 is 5.97 Å². The van der Waals surface area contributed by atoms with E-state index in [-0.39, 0.29) is 26.7 Å². The Kier molecular flexibility index (Phi) is 7.76. The number of sulfonamides is 1.